The van der Waals surface area contributed by atoms with Gasteiger partial charge in [0.2, 0.25) is 0 Å². The quantitative estimate of drug-likeness (QED) is 0.848. The van der Waals surface area contributed by atoms with Crippen molar-refractivity contribution in [2.45, 2.75) is 19.1 Å². The summed E-state index contributed by atoms with van der Waals surface area (Å²) in [6, 6.07) is 6.56. The Kier molecular flexibility index (Phi) is 3.75. The molecule has 1 atom stereocenters. The highest BCUT2D eigenvalue weighted by Gasteiger charge is 2.31. The molecule has 1 heterocycles. The molecule has 1 aromatic carbocycles. The predicted octanol–water partition coefficient (Wildman–Crippen LogP) is 5.12. The topological polar surface area (TPSA) is 25.2 Å². The summed E-state index contributed by atoms with van der Waals surface area (Å²) in [5.74, 6) is 0.633. The van der Waals surface area contributed by atoms with Crippen molar-refractivity contribution < 1.29 is 17.6 Å². The molecule has 1 aromatic heterocycles. The molecule has 19 heavy (non-hydrogen) atoms. The number of benzene rings is 1. The zero-order valence-corrected chi connectivity index (χ0v) is 10.7. The maximum atomic E-state index is 12.7. The molecule has 1 unspecified atom stereocenters. The van der Waals surface area contributed by atoms with Gasteiger partial charge in [0, 0.05) is 10.7 Å². The summed E-state index contributed by atoms with van der Waals surface area (Å²) in [7, 11) is 0. The Morgan fingerprint density at radius 2 is 2.00 bits per heavy atom. The lowest BCUT2D eigenvalue weighted by Crippen LogP contribution is -2.09. The highest BCUT2D eigenvalue weighted by Crippen LogP contribution is 2.34. The van der Waals surface area contributed by atoms with Crippen LogP contribution in [0.15, 0.2) is 41.0 Å². The van der Waals surface area contributed by atoms with Crippen LogP contribution in [0.5, 0.6) is 0 Å². The smallest absolute Gasteiger partial charge is 0.416 e. The molecule has 102 valence electrons. The normalized spacial score (nSPS) is 13.3. The van der Waals surface area contributed by atoms with Gasteiger partial charge in [-0.1, -0.05) is 11.6 Å². The van der Waals surface area contributed by atoms with E-state index in [9.17, 15) is 13.2 Å². The standard InChI is InChI=1S/C13H11ClF3NO/c1-8(12-3-2-4-19-12)18-11-6-9(13(15,16)17)5-10(14)7-11/h2-8,18H,1H3. The molecule has 0 saturated carbocycles. The highest BCUT2D eigenvalue weighted by atomic mass is 35.5. The monoisotopic (exact) mass is 289 g/mol. The maximum Gasteiger partial charge on any atom is 0.416 e. The van der Waals surface area contributed by atoms with E-state index in [0.29, 0.717) is 11.4 Å². The predicted molar refractivity (Wildman–Crippen MR) is 67.2 cm³/mol. The van der Waals surface area contributed by atoms with Gasteiger partial charge in [-0.15, -0.1) is 0 Å². The minimum atomic E-state index is -4.42. The third-order valence-electron chi connectivity index (χ3n) is 2.58. The van der Waals surface area contributed by atoms with Crippen molar-refractivity contribution in [3.05, 3.63) is 52.9 Å². The lowest BCUT2D eigenvalue weighted by molar-refractivity contribution is -0.137. The summed E-state index contributed by atoms with van der Waals surface area (Å²) in [5.41, 5.74) is -0.488. The first-order valence-corrected chi connectivity index (χ1v) is 5.92. The molecule has 2 rings (SSSR count). The first-order chi connectivity index (χ1) is 8.86. The van der Waals surface area contributed by atoms with Crippen molar-refractivity contribution in [2.24, 2.45) is 0 Å². The van der Waals surface area contributed by atoms with Crippen LogP contribution in [0.1, 0.15) is 24.3 Å². The van der Waals surface area contributed by atoms with Crippen LogP contribution >= 0.6 is 11.6 Å². The van der Waals surface area contributed by atoms with Gasteiger partial charge in [0.1, 0.15) is 5.76 Å². The van der Waals surface area contributed by atoms with E-state index in [1.54, 1.807) is 19.1 Å². The van der Waals surface area contributed by atoms with E-state index >= 15 is 0 Å². The van der Waals surface area contributed by atoms with Gasteiger partial charge in [-0.3, -0.25) is 0 Å². The first kappa shape index (κ1) is 13.8. The van der Waals surface area contributed by atoms with Gasteiger partial charge in [0.05, 0.1) is 17.9 Å². The molecule has 0 fully saturated rings. The van der Waals surface area contributed by atoms with Crippen molar-refractivity contribution in [3.63, 3.8) is 0 Å². The number of rotatable bonds is 3. The van der Waals surface area contributed by atoms with E-state index in [1.807, 2.05) is 0 Å². The van der Waals surface area contributed by atoms with Crippen molar-refractivity contribution in [1.82, 2.24) is 0 Å². The molecular formula is C13H11ClF3NO. The molecule has 0 spiro atoms. The molecule has 0 saturated heterocycles. The van der Waals surface area contributed by atoms with Crippen LogP contribution in [-0.2, 0) is 6.18 Å². The van der Waals surface area contributed by atoms with Crippen molar-refractivity contribution in [3.8, 4) is 0 Å². The average molecular weight is 290 g/mol. The molecular weight excluding hydrogens is 279 g/mol. The maximum absolute atomic E-state index is 12.7. The first-order valence-electron chi connectivity index (χ1n) is 5.54. The zero-order chi connectivity index (χ0) is 14.0. The third-order valence-corrected chi connectivity index (χ3v) is 2.80. The summed E-state index contributed by atoms with van der Waals surface area (Å²) in [5, 5.41) is 2.95. The molecule has 0 aliphatic carbocycles. The van der Waals surface area contributed by atoms with Crippen LogP contribution in [0.3, 0.4) is 0 Å². The number of halogens is 4. The number of alkyl halides is 3. The van der Waals surface area contributed by atoms with Gasteiger partial charge in [0.25, 0.3) is 0 Å². The summed E-state index contributed by atoms with van der Waals surface area (Å²) in [4.78, 5) is 0. The van der Waals surface area contributed by atoms with E-state index in [4.69, 9.17) is 16.0 Å². The molecule has 2 nitrogen and oxygen atoms in total. The molecule has 2 aromatic rings. The number of furan rings is 1. The van der Waals surface area contributed by atoms with E-state index in [1.165, 1.54) is 12.3 Å². The van der Waals surface area contributed by atoms with Gasteiger partial charge >= 0.3 is 6.18 Å². The lowest BCUT2D eigenvalue weighted by Gasteiger charge is -2.15. The zero-order valence-electron chi connectivity index (χ0n) is 9.96. The largest absolute Gasteiger partial charge is 0.467 e. The number of hydrogen-bond acceptors (Lipinski definition) is 2. The molecule has 0 aliphatic heterocycles. The average Bonchev–Trinajstić information content (AvgIpc) is 2.80. The minimum Gasteiger partial charge on any atom is -0.467 e. The van der Waals surface area contributed by atoms with E-state index in [0.717, 1.165) is 12.1 Å². The van der Waals surface area contributed by atoms with E-state index in [2.05, 4.69) is 5.32 Å². The summed E-state index contributed by atoms with van der Waals surface area (Å²) in [6.07, 6.45) is -2.91. The fourth-order valence-corrected chi connectivity index (χ4v) is 1.93. The molecule has 0 amide bonds. The molecule has 6 heteroatoms. The summed E-state index contributed by atoms with van der Waals surface area (Å²) < 4.78 is 43.1. The van der Waals surface area contributed by atoms with Crippen LogP contribution in [0.2, 0.25) is 5.02 Å². The van der Waals surface area contributed by atoms with Gasteiger partial charge in [0.15, 0.2) is 0 Å². The lowest BCUT2D eigenvalue weighted by atomic mass is 10.1. The number of hydrogen-bond donors (Lipinski definition) is 1. The van der Waals surface area contributed by atoms with Gasteiger partial charge in [-0.2, -0.15) is 13.2 Å². The minimum absolute atomic E-state index is 0.0315. The second kappa shape index (κ2) is 5.17. The Hall–Kier alpha value is -1.62. The SMILES string of the molecule is CC(Nc1cc(Cl)cc(C(F)(F)F)c1)c1ccco1. The van der Waals surface area contributed by atoms with Crippen LogP contribution in [0.25, 0.3) is 0 Å². The Bertz CT molecular complexity index is 552. The molecule has 0 bridgehead atoms. The second-order valence-corrected chi connectivity index (χ2v) is 4.54. The molecule has 1 N–H and O–H groups in total. The van der Waals surface area contributed by atoms with Crippen LogP contribution in [0, 0.1) is 0 Å². The van der Waals surface area contributed by atoms with E-state index < -0.39 is 11.7 Å². The Morgan fingerprint density at radius 1 is 1.26 bits per heavy atom. The van der Waals surface area contributed by atoms with Gasteiger partial charge in [-0.05, 0) is 37.3 Å². The Labute approximate surface area is 113 Å². The van der Waals surface area contributed by atoms with Crippen molar-refractivity contribution in [1.29, 1.82) is 0 Å². The Balaban J connectivity index is 2.23. The Morgan fingerprint density at radius 3 is 2.58 bits per heavy atom. The van der Waals surface area contributed by atoms with Gasteiger partial charge in [-0.25, -0.2) is 0 Å². The van der Waals surface area contributed by atoms with Crippen LogP contribution in [-0.4, -0.2) is 0 Å². The highest BCUT2D eigenvalue weighted by molar-refractivity contribution is 6.30. The summed E-state index contributed by atoms with van der Waals surface area (Å²) >= 11 is 5.70. The number of anilines is 1. The van der Waals surface area contributed by atoms with E-state index in [-0.39, 0.29) is 11.1 Å². The fourth-order valence-electron chi connectivity index (χ4n) is 1.70. The fraction of sp³-hybridized carbons (Fsp3) is 0.231. The van der Waals surface area contributed by atoms with Crippen LogP contribution < -0.4 is 5.32 Å². The van der Waals surface area contributed by atoms with Crippen LogP contribution in [0.4, 0.5) is 18.9 Å². The molecule has 0 radical (unpaired) electrons. The second-order valence-electron chi connectivity index (χ2n) is 4.11. The summed E-state index contributed by atoms with van der Waals surface area (Å²) in [6.45, 7) is 1.78. The number of nitrogens with one attached hydrogen (secondary N) is 1. The third kappa shape index (κ3) is 3.44. The van der Waals surface area contributed by atoms with Crippen molar-refractivity contribution in [2.75, 3.05) is 5.32 Å². The van der Waals surface area contributed by atoms with Crippen molar-refractivity contribution >= 4 is 17.3 Å². The van der Waals surface area contributed by atoms with Gasteiger partial charge < -0.3 is 9.73 Å². The molecule has 0 aliphatic rings.